The SMILES string of the molecule is CC(C)CC(C=O)NC=O.CNC(C=O)C(C)C.CNC(CC(C)C)C(=O)NCC(=O)NC(C)CC(C)C.CO.Cc1ccc(OC(=O)CCc2ccccc2-c2ccc(O)c(C=O)c2)cc1. The Labute approximate surface area is 400 Å². The van der Waals surface area contributed by atoms with E-state index in [1.54, 1.807) is 38.4 Å². The summed E-state index contributed by atoms with van der Waals surface area (Å²) in [5.74, 6) is 1.74. The predicted molar refractivity (Wildman–Crippen MR) is 267 cm³/mol. The molecule has 4 unspecified atom stereocenters. The summed E-state index contributed by atoms with van der Waals surface area (Å²) in [4.78, 5) is 77.1. The van der Waals surface area contributed by atoms with Crippen molar-refractivity contribution in [3.63, 3.8) is 0 Å². The van der Waals surface area contributed by atoms with Crippen molar-refractivity contribution >= 4 is 43.1 Å². The third kappa shape index (κ3) is 29.5. The topological polar surface area (TPSA) is 229 Å². The number of nitrogens with one attached hydrogen (secondary N) is 5. The quantitative estimate of drug-likeness (QED) is 0.0312. The normalized spacial score (nSPS) is 12.1. The van der Waals surface area contributed by atoms with E-state index in [4.69, 9.17) is 9.84 Å². The van der Waals surface area contributed by atoms with E-state index in [2.05, 4.69) is 54.3 Å². The lowest BCUT2D eigenvalue weighted by atomic mass is 9.95. The van der Waals surface area contributed by atoms with Crippen molar-refractivity contribution in [2.75, 3.05) is 27.7 Å². The Morgan fingerprint density at radius 2 is 1.33 bits per heavy atom. The van der Waals surface area contributed by atoms with Gasteiger partial charge in [-0.25, -0.2) is 0 Å². The van der Waals surface area contributed by atoms with Crippen LogP contribution in [0, 0.1) is 30.6 Å². The number of rotatable bonds is 23. The van der Waals surface area contributed by atoms with Gasteiger partial charge >= 0.3 is 5.97 Å². The second-order valence-electron chi connectivity index (χ2n) is 17.5. The summed E-state index contributed by atoms with van der Waals surface area (Å²) < 4.78 is 5.37. The molecule has 0 bridgehead atoms. The maximum Gasteiger partial charge on any atom is 0.311 e. The molecule has 4 atom stereocenters. The van der Waals surface area contributed by atoms with Crippen molar-refractivity contribution in [1.82, 2.24) is 26.6 Å². The molecule has 3 aromatic rings. The number of phenolic OH excluding ortho intramolecular Hbond substituents is 1. The first-order valence-corrected chi connectivity index (χ1v) is 22.9. The minimum Gasteiger partial charge on any atom is -0.507 e. The number of hydrogen-bond donors (Lipinski definition) is 7. The Balaban J connectivity index is 0. The van der Waals surface area contributed by atoms with Crippen LogP contribution in [-0.4, -0.2) is 105 Å². The third-order valence-corrected chi connectivity index (χ3v) is 9.73. The highest BCUT2D eigenvalue weighted by molar-refractivity contribution is 5.87. The molecule has 15 nitrogen and oxygen atoms in total. The van der Waals surface area contributed by atoms with Gasteiger partial charge in [-0.2, -0.15) is 0 Å². The van der Waals surface area contributed by atoms with Gasteiger partial charge in [0.25, 0.3) is 0 Å². The van der Waals surface area contributed by atoms with Crippen molar-refractivity contribution in [3.05, 3.63) is 83.4 Å². The van der Waals surface area contributed by atoms with Gasteiger partial charge in [-0.15, -0.1) is 0 Å². The van der Waals surface area contributed by atoms with Gasteiger partial charge in [-0.3, -0.25) is 24.0 Å². The monoisotopic (exact) mass is 936 g/mol. The summed E-state index contributed by atoms with van der Waals surface area (Å²) >= 11 is 0. The van der Waals surface area contributed by atoms with Crippen LogP contribution in [0.1, 0.15) is 109 Å². The molecule has 0 fully saturated rings. The molecule has 0 aliphatic carbocycles. The molecule has 0 spiro atoms. The number of carbonyl (C=O) groups excluding carboxylic acids is 7. The highest BCUT2D eigenvalue weighted by atomic mass is 16.5. The first kappa shape index (κ1) is 63.3. The molecule has 0 aromatic heterocycles. The Morgan fingerprint density at radius 3 is 1.81 bits per heavy atom. The third-order valence-electron chi connectivity index (χ3n) is 9.73. The number of phenols is 1. The first-order valence-electron chi connectivity index (χ1n) is 22.9. The van der Waals surface area contributed by atoms with Crippen molar-refractivity contribution in [3.8, 4) is 22.6 Å². The van der Waals surface area contributed by atoms with Crippen molar-refractivity contribution in [2.45, 2.75) is 126 Å². The zero-order chi connectivity index (χ0) is 51.5. The molecule has 374 valence electrons. The lowest BCUT2D eigenvalue weighted by Crippen LogP contribution is -2.47. The number of likely N-dealkylation sites (N-methyl/N-ethyl adjacent to an activating group) is 2. The van der Waals surface area contributed by atoms with E-state index in [0.29, 0.717) is 55.0 Å². The lowest BCUT2D eigenvalue weighted by molar-refractivity contribution is -0.134. The largest absolute Gasteiger partial charge is 0.507 e. The second-order valence-corrected chi connectivity index (χ2v) is 17.5. The average Bonchev–Trinajstić information content (AvgIpc) is 3.28. The van der Waals surface area contributed by atoms with Crippen LogP contribution in [0.4, 0.5) is 0 Å². The van der Waals surface area contributed by atoms with Crippen LogP contribution in [0.2, 0.25) is 0 Å². The van der Waals surface area contributed by atoms with Gasteiger partial charge in [0.1, 0.15) is 24.1 Å². The standard InChI is InChI=1S/C23H20O4.C15H31N3O2.C7H13NO2.C6H13NO.CH4O/c1-16-6-10-20(11-7-16)27-23(26)13-9-17-4-2-3-5-21(17)18-8-12-22(25)19(14-18)15-24;1-10(2)7-12(5)18-14(19)9-17-15(20)13(16-6)8-11(3)4;1-6(2)3-7(4-9)8-5-10;1-5(2)6(4-8)7-3;1-2/h2-8,10-12,14-15,25H,9,13H2,1H3;10-13,16H,7-9H2,1-6H3,(H,17,20)(H,18,19);4-7H,3H2,1-2H3,(H,8,10);4-7H,1-3H3;2H,1H3. The number of ether oxygens (including phenoxy) is 1. The van der Waals surface area contributed by atoms with Crippen LogP contribution in [-0.2, 0) is 35.2 Å². The number of esters is 1. The summed E-state index contributed by atoms with van der Waals surface area (Å²) in [6.07, 6.45) is 6.03. The maximum atomic E-state index is 12.2. The Hall–Kier alpha value is -5.77. The molecule has 3 amide bonds. The highest BCUT2D eigenvalue weighted by Gasteiger charge is 2.19. The maximum absolute atomic E-state index is 12.2. The van der Waals surface area contributed by atoms with E-state index in [-0.39, 0.29) is 66.2 Å². The molecule has 7 N–H and O–H groups in total. The zero-order valence-electron chi connectivity index (χ0n) is 42.2. The summed E-state index contributed by atoms with van der Waals surface area (Å²) in [5, 5.41) is 30.5. The van der Waals surface area contributed by atoms with Crippen molar-refractivity contribution < 1.29 is 48.5 Å². The number of amides is 3. The minimum atomic E-state index is -0.308. The Bertz CT molecular complexity index is 1870. The van der Waals surface area contributed by atoms with E-state index in [1.807, 2.05) is 77.9 Å². The van der Waals surface area contributed by atoms with Crippen LogP contribution in [0.25, 0.3) is 11.1 Å². The predicted octanol–water partition coefficient (Wildman–Crippen LogP) is 6.39. The Morgan fingerprint density at radius 1 is 0.731 bits per heavy atom. The van der Waals surface area contributed by atoms with E-state index in [9.17, 15) is 38.7 Å². The summed E-state index contributed by atoms with van der Waals surface area (Å²) in [5.41, 5.74) is 4.05. The average molecular weight is 936 g/mol. The summed E-state index contributed by atoms with van der Waals surface area (Å²) in [6, 6.07) is 19.5. The minimum absolute atomic E-state index is 0.0231. The molecule has 0 aliphatic rings. The summed E-state index contributed by atoms with van der Waals surface area (Å²) in [6.45, 7) is 20.4. The van der Waals surface area contributed by atoms with Gasteiger partial charge in [0.15, 0.2) is 6.29 Å². The van der Waals surface area contributed by atoms with Crippen LogP contribution in [0.3, 0.4) is 0 Å². The van der Waals surface area contributed by atoms with E-state index in [1.165, 1.54) is 6.07 Å². The van der Waals surface area contributed by atoms with Crippen LogP contribution in [0.5, 0.6) is 11.5 Å². The fourth-order valence-corrected chi connectivity index (χ4v) is 6.39. The first-order chi connectivity index (χ1) is 31.7. The highest BCUT2D eigenvalue weighted by Crippen LogP contribution is 2.28. The molecule has 0 heterocycles. The molecule has 0 aliphatic heterocycles. The fourth-order valence-electron chi connectivity index (χ4n) is 6.39. The van der Waals surface area contributed by atoms with Gasteiger partial charge in [0.2, 0.25) is 18.2 Å². The van der Waals surface area contributed by atoms with Crippen molar-refractivity contribution in [1.29, 1.82) is 0 Å². The summed E-state index contributed by atoms with van der Waals surface area (Å²) in [7, 11) is 4.55. The number of aliphatic hydroxyl groups excluding tert-OH is 1. The molecule has 15 heteroatoms. The van der Waals surface area contributed by atoms with Gasteiger partial charge in [0, 0.05) is 13.2 Å². The van der Waals surface area contributed by atoms with Gasteiger partial charge in [-0.1, -0.05) is 103 Å². The molecule has 3 rings (SSSR count). The molecule has 67 heavy (non-hydrogen) atoms. The molecule has 0 saturated carbocycles. The van der Waals surface area contributed by atoms with Gasteiger partial charge < -0.3 is 51.1 Å². The van der Waals surface area contributed by atoms with Crippen LogP contribution < -0.4 is 31.3 Å². The molecular weight excluding hydrogens is 855 g/mol. The van der Waals surface area contributed by atoms with Crippen LogP contribution in [0.15, 0.2) is 66.7 Å². The number of carbonyl (C=O) groups is 7. The number of aromatic hydroxyl groups is 1. The molecule has 3 aromatic carbocycles. The number of aliphatic hydroxyl groups is 1. The van der Waals surface area contributed by atoms with E-state index >= 15 is 0 Å². The zero-order valence-corrected chi connectivity index (χ0v) is 42.2. The van der Waals surface area contributed by atoms with Crippen LogP contribution >= 0.6 is 0 Å². The number of aldehydes is 3. The number of aryl methyl sites for hydroxylation is 2. The fraction of sp³-hybridized carbons (Fsp3) is 0.519. The lowest BCUT2D eigenvalue weighted by Gasteiger charge is -2.19. The van der Waals surface area contributed by atoms with Gasteiger partial charge in [0.05, 0.1) is 36.7 Å². The molecule has 0 saturated heterocycles. The molecular formula is C52H81N5O10. The second kappa shape index (κ2) is 37.3. The number of benzene rings is 3. The van der Waals surface area contributed by atoms with Crippen molar-refractivity contribution in [2.24, 2.45) is 23.7 Å². The molecule has 0 radical (unpaired) electrons. The van der Waals surface area contributed by atoms with E-state index < -0.39 is 0 Å². The Kier molecular flexibility index (Phi) is 35.3. The number of hydrogen-bond acceptors (Lipinski definition) is 12. The van der Waals surface area contributed by atoms with Gasteiger partial charge in [-0.05, 0) is 118 Å². The smallest absolute Gasteiger partial charge is 0.311 e. The van der Waals surface area contributed by atoms with E-state index in [0.717, 1.165) is 54.8 Å².